The van der Waals surface area contributed by atoms with E-state index in [0.29, 0.717) is 96.7 Å². The molecule has 0 aromatic rings. The lowest BCUT2D eigenvalue weighted by Crippen LogP contribution is -2.63. The fourth-order valence-corrected chi connectivity index (χ4v) is 32.5. The number of fused-ring (bicyclic) bond motifs is 10. The molecule has 5 heterocycles. The van der Waals surface area contributed by atoms with Crippen LogP contribution in [0.2, 0.25) is 0 Å². The van der Waals surface area contributed by atoms with Crippen LogP contribution in [0.5, 0.6) is 0 Å². The van der Waals surface area contributed by atoms with Crippen LogP contribution >= 0.6 is 0 Å². The first-order valence-electron chi connectivity index (χ1n) is 54.6. The number of rotatable bonds is 38. The SMILES string of the molecule is CC(CCCOCC(COCCCC(C)C1CCC2C3CCC4CC(O[C@@H]5CC(CO)[C@@H](C[C@H]6CC(CO)[C@@H](O)[C@H](O)C6O)[C@H](O)C5O)CCC4(C)C3CCC12C)(CO[C@H]1OC[C@H](O[C@@H]2OC[C@H](O)C(O)[C@H]2O)C(O)[C@H]1O)CO[C@@H]1OC(CO)[C@@H](O[C@@H]2CC(CO)[C@@H](O)C(O)[C@@H]2O)C(O)[C@@H]1O)C1CCC2C3CCC4CC(O[C@H]5OC(CO)[C@H](C[C@@H]6OC(CO)[C@H](O)C(O)[C@H]6O)C(O)[C@H]5O)CCC4(C)C3CCC12C. The van der Waals surface area contributed by atoms with Crippen LogP contribution in [0, 0.1) is 134 Å². The van der Waals surface area contributed by atoms with Crippen LogP contribution in [-0.2, 0) is 61.6 Å². The van der Waals surface area contributed by atoms with Crippen LogP contribution in [0.25, 0.3) is 0 Å². The summed E-state index contributed by atoms with van der Waals surface area (Å²) >= 11 is 0. The second-order valence-corrected chi connectivity index (χ2v) is 48.9. The highest BCUT2D eigenvalue weighted by Gasteiger charge is 2.66. The standard InChI is InChI=1S/C104H178O39/c1-48(62-15-17-64-58-13-11-54-33-56(19-23-100(54,3)66(58)21-25-102(62,64)5)137-69-31-51(36-105)60(79(115)82(69)118)30-50-29-52(37-106)77(113)87(123)76(50)112)9-7-27-131-44-104(46-135-96-93(129)86(122)75(43-134-96)143-97-92(128)81(117)68(111)42-133-97,47-136-98-94(130)90(126)95(74(41-110)142-98)140-70-32-53(38-107)78(114)88(124)83(70)119)45-132-28-8-10-49(2)63-16-18-65-59-14-12-55-34-57(20-24-101(55,4)67(59)22-26-103(63,65)6)138-99-91(127)80(116)61(72(39-108)141-99)35-71-84(120)89(125)85(121)73(40-109)139-71/h48-99,105-130H,7-47H2,1-6H3/t48?,49?,50-,51?,52?,53?,54?,55?,56?,57?,58?,59?,60-,61+,62?,63?,64?,65?,66?,67?,68+,69-,70-,71+,72?,73?,74?,75+,76?,77-,78-,79+,80?,81?,82?,83-,84+,85+,86?,87-,88?,89?,90?,91-,92-,93-,94+,95-,96-,97+,98-,99+,100?,101?,102?,103?,104?/m1/s1. The van der Waals surface area contributed by atoms with Gasteiger partial charge in [0.05, 0.1) is 132 Å². The third kappa shape index (κ3) is 23.0. The minimum atomic E-state index is -1.89. The van der Waals surface area contributed by atoms with Crippen LogP contribution in [0.1, 0.15) is 215 Å². The van der Waals surface area contributed by atoms with Crippen molar-refractivity contribution in [2.45, 2.75) is 423 Å². The molecular formula is C104H178O39. The number of ether oxygens (including phenoxy) is 13. The zero-order chi connectivity index (χ0) is 103. The van der Waals surface area contributed by atoms with Crippen molar-refractivity contribution in [3.63, 3.8) is 0 Å². The van der Waals surface area contributed by atoms with Gasteiger partial charge in [0.1, 0.15) is 116 Å². The van der Waals surface area contributed by atoms with Gasteiger partial charge in [0.15, 0.2) is 25.2 Å². The molecule has 143 heavy (non-hydrogen) atoms. The first kappa shape index (κ1) is 114. The Morgan fingerprint density at radius 3 is 1.33 bits per heavy atom. The van der Waals surface area contributed by atoms with E-state index in [2.05, 4.69) is 41.5 Å². The summed E-state index contributed by atoms with van der Waals surface area (Å²) in [5.74, 6) is 1.12. The first-order chi connectivity index (χ1) is 68.1. The average molecular weight is 2050 g/mol. The quantitative estimate of drug-likeness (QED) is 0.0241. The second-order valence-electron chi connectivity index (χ2n) is 48.9. The van der Waals surface area contributed by atoms with Crippen LogP contribution in [0.4, 0.5) is 0 Å². The summed E-state index contributed by atoms with van der Waals surface area (Å²) < 4.78 is 82.1. The highest BCUT2D eigenvalue weighted by Crippen LogP contribution is 2.71. The summed E-state index contributed by atoms with van der Waals surface area (Å²) in [6, 6.07) is 0. The molecule has 0 radical (unpaired) electrons. The van der Waals surface area contributed by atoms with Gasteiger partial charge in [-0.3, -0.25) is 0 Å². The zero-order valence-corrected chi connectivity index (χ0v) is 84.4. The topological polar surface area (TPSA) is 646 Å². The number of aliphatic hydroxyl groups excluding tert-OH is 26. The fourth-order valence-electron chi connectivity index (χ4n) is 32.5. The van der Waals surface area contributed by atoms with Crippen LogP contribution < -0.4 is 0 Å². The van der Waals surface area contributed by atoms with Crippen molar-refractivity contribution in [2.75, 3.05) is 92.5 Å². The summed E-state index contributed by atoms with van der Waals surface area (Å²) in [5.41, 5.74) is -1.12. The monoisotopic (exact) mass is 2050 g/mol. The lowest BCUT2D eigenvalue weighted by atomic mass is 9.44. The fraction of sp³-hybridized carbons (Fsp3) is 1.00. The third-order valence-corrected chi connectivity index (χ3v) is 41.1. The van der Waals surface area contributed by atoms with Crippen molar-refractivity contribution in [2.24, 2.45) is 134 Å². The van der Waals surface area contributed by atoms with E-state index >= 15 is 0 Å². The van der Waals surface area contributed by atoms with Gasteiger partial charge in [0.25, 0.3) is 0 Å². The molecule has 39 heteroatoms. The molecule has 0 amide bonds. The van der Waals surface area contributed by atoms with Gasteiger partial charge in [-0.25, -0.2) is 0 Å². The molecule has 0 spiro atoms. The van der Waals surface area contributed by atoms with E-state index in [4.69, 9.17) is 61.6 Å². The molecule has 5 aliphatic heterocycles. The van der Waals surface area contributed by atoms with Gasteiger partial charge < -0.3 is 194 Å². The predicted octanol–water partition coefficient (Wildman–Crippen LogP) is -1.74. The van der Waals surface area contributed by atoms with E-state index in [9.17, 15) is 133 Å². The molecule has 11 aliphatic carbocycles. The van der Waals surface area contributed by atoms with Crippen molar-refractivity contribution in [1.82, 2.24) is 0 Å². The lowest BCUT2D eigenvalue weighted by molar-refractivity contribution is -0.336. The Hall–Kier alpha value is -1.56. The summed E-state index contributed by atoms with van der Waals surface area (Å²) in [7, 11) is 0. The molecule has 0 bridgehead atoms. The Bertz CT molecular complexity index is 3730. The maximum Gasteiger partial charge on any atom is 0.186 e. The third-order valence-electron chi connectivity index (χ3n) is 41.1. The molecule has 16 fully saturated rings. The summed E-state index contributed by atoms with van der Waals surface area (Å²) in [4.78, 5) is 0. The van der Waals surface area contributed by atoms with Gasteiger partial charge in [-0.2, -0.15) is 0 Å². The highest BCUT2D eigenvalue weighted by atomic mass is 16.7. The van der Waals surface area contributed by atoms with Crippen LogP contribution in [0.15, 0.2) is 0 Å². The molecule has 0 aromatic carbocycles. The van der Waals surface area contributed by atoms with Crippen molar-refractivity contribution in [3.05, 3.63) is 0 Å². The first-order valence-corrected chi connectivity index (χ1v) is 54.6. The van der Waals surface area contributed by atoms with Gasteiger partial charge in [-0.1, -0.05) is 41.5 Å². The Balaban J connectivity index is 0.564. The van der Waals surface area contributed by atoms with Crippen molar-refractivity contribution in [1.29, 1.82) is 0 Å². The van der Waals surface area contributed by atoms with Crippen LogP contribution in [-0.4, -0.2) is 434 Å². The number of aliphatic hydroxyl groups is 26. The number of hydrogen-bond donors (Lipinski definition) is 26. The van der Waals surface area contributed by atoms with E-state index in [0.717, 1.165) is 122 Å². The lowest BCUT2D eigenvalue weighted by Gasteiger charge is -2.61. The summed E-state index contributed by atoms with van der Waals surface area (Å²) in [5, 5.41) is 285. The Morgan fingerprint density at radius 2 is 0.762 bits per heavy atom. The molecule has 57 atom stereocenters. The maximum absolute atomic E-state index is 12.1. The smallest absolute Gasteiger partial charge is 0.186 e. The average Bonchev–Trinajstić information content (AvgIpc) is 1.65. The van der Waals surface area contributed by atoms with E-state index < -0.39 is 283 Å². The highest BCUT2D eigenvalue weighted by molar-refractivity contribution is 5.14. The predicted molar refractivity (Wildman–Crippen MR) is 502 cm³/mol. The largest absolute Gasteiger partial charge is 0.396 e. The minimum Gasteiger partial charge on any atom is -0.396 e. The molecular weight excluding hydrogens is 1870 g/mol. The maximum atomic E-state index is 12.1. The summed E-state index contributed by atoms with van der Waals surface area (Å²) in [6.45, 7) is 10.2. The minimum absolute atomic E-state index is 0.0296. The van der Waals surface area contributed by atoms with Gasteiger partial charge in [0.2, 0.25) is 0 Å². The molecule has 11 saturated carbocycles. The van der Waals surface area contributed by atoms with Gasteiger partial charge >= 0.3 is 0 Å². The zero-order valence-electron chi connectivity index (χ0n) is 84.4. The molecule has 0 aromatic heterocycles. The second kappa shape index (κ2) is 48.0. The van der Waals surface area contributed by atoms with E-state index in [1.807, 2.05) is 0 Å². The Labute approximate surface area is 839 Å². The molecule has 5 saturated heterocycles. The molecule has 16 rings (SSSR count). The van der Waals surface area contributed by atoms with E-state index in [1.54, 1.807) is 0 Å². The van der Waals surface area contributed by atoms with E-state index in [1.165, 1.54) is 0 Å². The Kier molecular flexibility index (Phi) is 38.3. The van der Waals surface area contributed by atoms with Crippen molar-refractivity contribution in [3.8, 4) is 0 Å². The van der Waals surface area contributed by atoms with Gasteiger partial charge in [-0.05, 0) is 284 Å². The van der Waals surface area contributed by atoms with Crippen molar-refractivity contribution < 1.29 is 194 Å². The van der Waals surface area contributed by atoms with Gasteiger partial charge in [-0.15, -0.1) is 0 Å². The number of hydrogen-bond acceptors (Lipinski definition) is 39. The molecule has 16 aliphatic rings. The molecule has 26 N–H and O–H groups in total. The normalized spacial score (nSPS) is 52.1. The molecule has 39 nitrogen and oxygen atoms in total. The Morgan fingerprint density at radius 1 is 0.315 bits per heavy atom. The van der Waals surface area contributed by atoms with E-state index in [-0.39, 0.29) is 106 Å². The van der Waals surface area contributed by atoms with Crippen LogP contribution in [0.3, 0.4) is 0 Å². The molecule has 33 unspecified atom stereocenters. The van der Waals surface area contributed by atoms with Crippen molar-refractivity contribution >= 4 is 0 Å². The molecule has 828 valence electrons. The summed E-state index contributed by atoms with van der Waals surface area (Å²) in [6.07, 6.45) is -26.2. The van der Waals surface area contributed by atoms with Gasteiger partial charge in [0, 0.05) is 50.8 Å².